The van der Waals surface area contributed by atoms with Crippen LogP contribution in [0.3, 0.4) is 0 Å². The van der Waals surface area contributed by atoms with Crippen molar-refractivity contribution in [3.63, 3.8) is 0 Å². The first-order valence-electron chi connectivity index (χ1n) is 37.4. The predicted molar refractivity (Wildman–Crippen MR) is 504 cm³/mol. The molecule has 0 saturated carbocycles. The number of hydrogen-bond donors (Lipinski definition) is 3. The fourth-order valence-electron chi connectivity index (χ4n) is 12.2. The van der Waals surface area contributed by atoms with Crippen molar-refractivity contribution in [2.24, 2.45) is 10.4 Å². The monoisotopic (exact) mass is 2160 g/mol. The summed E-state index contributed by atoms with van der Waals surface area (Å²) in [6.45, 7) is 35.9. The third-order valence-corrected chi connectivity index (χ3v) is 25.2. The zero-order chi connectivity index (χ0) is 86.7. The molecule has 0 atom stereocenters. The number of hydrogen-bond acceptors (Lipinski definition) is 10. The van der Waals surface area contributed by atoms with Crippen LogP contribution in [0.4, 0.5) is 14.4 Å². The Morgan fingerprint density at radius 1 is 0.478 bits per heavy atom. The molecule has 3 heterocycles. The lowest BCUT2D eigenvalue weighted by Crippen LogP contribution is -2.52. The maximum absolute atomic E-state index is 12.4. The Balaban J connectivity index is 0.000000279. The summed E-state index contributed by atoms with van der Waals surface area (Å²) in [4.78, 5) is 63.7. The zero-order valence-electron chi connectivity index (χ0n) is 69.4. The summed E-state index contributed by atoms with van der Waals surface area (Å²) in [6.07, 6.45) is 6.33. The smallest absolute Gasteiger partial charge is 0.411 e. The molecule has 14 nitrogen and oxygen atoms in total. The van der Waals surface area contributed by atoms with Gasteiger partial charge >= 0.3 is 24.2 Å². The minimum absolute atomic E-state index is 0.163. The van der Waals surface area contributed by atoms with Gasteiger partial charge in [-0.25, -0.2) is 19.2 Å². The van der Waals surface area contributed by atoms with E-state index in [9.17, 15) is 24.0 Å². The molecule has 3 aliphatic heterocycles. The van der Waals surface area contributed by atoms with Crippen molar-refractivity contribution in [3.8, 4) is 0 Å². The molecule has 0 unspecified atom stereocenters. The summed E-state index contributed by atoms with van der Waals surface area (Å²) in [6, 6.07) is 58.6. The van der Waals surface area contributed by atoms with E-state index in [0.717, 1.165) is 93.9 Å². The van der Waals surface area contributed by atoms with Crippen molar-refractivity contribution >= 4 is 185 Å². The number of aliphatic carboxylic acids is 1. The number of alkyl carbamates (subject to hydrolysis) is 1. The molecule has 8 aromatic rings. The molecule has 0 spiro atoms. The van der Waals surface area contributed by atoms with E-state index in [1.54, 1.807) is 24.8 Å². The number of aliphatic imine (C=N–C) groups is 1. The Morgan fingerprint density at radius 3 is 1.17 bits per heavy atom. The average molecular weight is 2170 g/mol. The van der Waals surface area contributed by atoms with E-state index in [1.165, 1.54) is 67.7 Å². The Bertz CT molecular complexity index is 4510. The summed E-state index contributed by atoms with van der Waals surface area (Å²) in [7, 11) is 2.79. The molecule has 0 aliphatic carbocycles. The number of benzene rings is 8. The first-order chi connectivity index (χ1) is 53.4. The number of carbonyl (C=O) groups excluding carboxylic acids is 4. The van der Waals surface area contributed by atoms with Crippen molar-refractivity contribution in [1.82, 2.24) is 20.4 Å². The summed E-state index contributed by atoms with van der Waals surface area (Å²) in [5.41, 5.74) is 11.6. The molecule has 3 aliphatic rings. The lowest BCUT2D eigenvalue weighted by atomic mass is 9.86. The highest BCUT2D eigenvalue weighted by molar-refractivity contribution is 9.11. The van der Waals surface area contributed by atoms with Crippen molar-refractivity contribution in [1.29, 1.82) is 0 Å². The Labute approximate surface area is 764 Å². The number of carboxylic acids is 1. The molecule has 11 rings (SSSR count). The van der Waals surface area contributed by atoms with Crippen molar-refractivity contribution < 1.29 is 43.3 Å². The highest BCUT2D eigenvalue weighted by Gasteiger charge is 2.40. The number of alkyl halides is 2. The molecule has 0 saturated heterocycles. The molecular formula is C91H111Br9ClN5O9. The number of isocyanates is 1. The second kappa shape index (κ2) is 46.7. The Morgan fingerprint density at radius 2 is 0.826 bits per heavy atom. The van der Waals surface area contributed by atoms with Gasteiger partial charge in [0, 0.05) is 87.8 Å². The zero-order valence-corrected chi connectivity index (χ0v) is 84.4. The van der Waals surface area contributed by atoms with E-state index >= 15 is 0 Å². The molecule has 24 heteroatoms. The topological polar surface area (TPSA) is 176 Å². The van der Waals surface area contributed by atoms with Crippen molar-refractivity contribution in [2.45, 2.75) is 226 Å². The van der Waals surface area contributed by atoms with Crippen LogP contribution in [0.5, 0.6) is 0 Å². The number of amides is 3. The molecule has 3 amide bonds. The number of halogens is 10. The van der Waals surface area contributed by atoms with Gasteiger partial charge in [-0.3, -0.25) is 14.6 Å². The molecule has 0 fully saturated rings. The lowest BCUT2D eigenvalue weighted by Gasteiger charge is -2.43. The van der Waals surface area contributed by atoms with Crippen LogP contribution in [-0.2, 0) is 93.7 Å². The van der Waals surface area contributed by atoms with Gasteiger partial charge in [0.15, 0.2) is 0 Å². The molecule has 0 aromatic heterocycles. The Kier molecular flexibility index (Phi) is 41.6. The third-order valence-electron chi connectivity index (χ3n) is 18.4. The number of nitrogens with zero attached hydrogens (tertiary/aromatic N) is 3. The van der Waals surface area contributed by atoms with Crippen molar-refractivity contribution in [3.05, 3.63) is 273 Å². The summed E-state index contributed by atoms with van der Waals surface area (Å²) in [5.74, 6) is -0.770. The molecule has 115 heavy (non-hydrogen) atoms. The number of nitrogens with one attached hydrogen (secondary N) is 2. The molecule has 0 radical (unpaired) electrons. The van der Waals surface area contributed by atoms with Crippen LogP contribution < -0.4 is 10.6 Å². The lowest BCUT2D eigenvalue weighted by molar-refractivity contribution is -0.146. The third kappa shape index (κ3) is 35.7. The molecule has 0 bridgehead atoms. The van der Waals surface area contributed by atoms with E-state index < -0.39 is 23.1 Å². The number of rotatable bonds is 12. The van der Waals surface area contributed by atoms with E-state index in [4.69, 9.17) is 26.2 Å². The largest absolute Gasteiger partial charge is 0.481 e. The summed E-state index contributed by atoms with van der Waals surface area (Å²) < 4.78 is 23.8. The van der Waals surface area contributed by atoms with Gasteiger partial charge in [-0.15, -0.1) is 11.6 Å². The van der Waals surface area contributed by atoms with Gasteiger partial charge < -0.3 is 30.0 Å². The summed E-state index contributed by atoms with van der Waals surface area (Å²) >= 11 is 37.6. The number of ether oxygens (including phenoxy) is 3. The standard InChI is InChI=1S/C16H22BrNO2.C13H16BrNO2.C12H16BrNO2.C11H12BrNO.C11H14BrN.C11H13BrO2.C10H12BrCl.C7H6Br2/c1-15(2,3)20-14(19)18-10-11-7-6-8-13(17)12(11)9-16(18,4)5;1-13(2)7-10-9(5-4-6-11(10)14)8-15(13)12(16)17-3;1-12(2,14-11(15)16-3)8-9-6-4-5-7-10(9)13;1-11(2,13-8-14)7-9-5-3-4-6-10(9)12;1-11(2)6-9-8(7-13-11)4-3-5-10(9)12;1-11(2,10(13)14)7-8-5-3-4-6-9(8)12;1-10(2,12)7-8-5-3-4-6-9(8)11;8-5-6-3-1-2-4-7(6)9/h6-8H,9-10H2,1-5H3;4-6H,7-8H2,1-3H3;4-7H,8H2,1-3H3,(H,14,15);3-6H,7H2,1-2H3;3-5,13H,6-7H2,1-2H3;3-6H,7H2,1-2H3,(H,13,14);3-6H,7H2,1-2H3;1-4H,5H2. The second-order valence-corrected chi connectivity index (χ2v) is 41.8. The van der Waals surface area contributed by atoms with Crippen LogP contribution in [0.25, 0.3) is 0 Å². The number of methoxy groups -OCH3 is 2. The van der Waals surface area contributed by atoms with Gasteiger partial charge in [0.05, 0.1) is 25.2 Å². The van der Waals surface area contributed by atoms with Crippen LogP contribution in [0, 0.1) is 5.41 Å². The second-order valence-electron chi connectivity index (χ2n) is 33.4. The summed E-state index contributed by atoms with van der Waals surface area (Å²) in [5, 5.41) is 16.2. The SMILES string of the molecule is BrCc1ccccc1Br.CC(C)(C)OC(=O)N1Cc2cccc(Br)c2CC1(C)C.CC(C)(Cc1ccccc1Br)C(=O)O.CC(C)(Cc1ccccc1Br)N=C=O.CC(C)(Cl)Cc1ccccc1Br.CC1(C)Cc2c(Br)cccc2CN1.COC(=O)N1Cc2cccc(Br)c2CC1(C)C.COC(=O)NC(C)(C)Cc1ccccc1Br. The molecule has 3 N–H and O–H groups in total. The number of carbonyl (C=O) groups is 4. The first-order valence-corrected chi connectivity index (χ1v) is 45.2. The quantitative estimate of drug-likeness (QED) is 0.0462. The highest BCUT2D eigenvalue weighted by Crippen LogP contribution is 2.38. The van der Waals surface area contributed by atoms with Gasteiger partial charge in [0.25, 0.3) is 0 Å². The highest BCUT2D eigenvalue weighted by atomic mass is 79.9. The fourth-order valence-corrected chi connectivity index (χ4v) is 17.0. The van der Waals surface area contributed by atoms with E-state index in [2.05, 4.69) is 254 Å². The maximum atomic E-state index is 12.4. The minimum atomic E-state index is -0.770. The van der Waals surface area contributed by atoms with Crippen LogP contribution in [0.1, 0.15) is 179 Å². The molecule has 8 aromatic carbocycles. The maximum Gasteiger partial charge on any atom is 0.411 e. The molecular weight excluding hydrogens is 2060 g/mol. The van der Waals surface area contributed by atoms with Gasteiger partial charge in [-0.05, 0) is 272 Å². The van der Waals surface area contributed by atoms with Crippen LogP contribution in [-0.4, -0.2) is 97.6 Å². The number of fused-ring (bicyclic) bond motifs is 3. The fraction of sp³-hybridized carbons (Fsp3) is 0.418. The minimum Gasteiger partial charge on any atom is -0.481 e. The predicted octanol–water partition coefficient (Wildman–Crippen LogP) is 27.4. The Hall–Kier alpha value is -5.01. The normalized spacial score (nSPS) is 14.1. The van der Waals surface area contributed by atoms with Crippen LogP contribution in [0.2, 0.25) is 0 Å². The van der Waals surface area contributed by atoms with Crippen LogP contribution in [0.15, 0.2) is 217 Å². The van der Waals surface area contributed by atoms with E-state index in [1.807, 2.05) is 195 Å². The first kappa shape index (κ1) is 102. The van der Waals surface area contributed by atoms with Gasteiger partial charge in [0.2, 0.25) is 6.08 Å². The van der Waals surface area contributed by atoms with Crippen molar-refractivity contribution in [2.75, 3.05) is 14.2 Å². The molecule has 624 valence electrons. The van der Waals surface area contributed by atoms with Crippen LogP contribution >= 0.6 is 155 Å². The van der Waals surface area contributed by atoms with Gasteiger partial charge in [-0.1, -0.05) is 271 Å². The average Bonchev–Trinajstić information content (AvgIpc) is 0.776. The van der Waals surface area contributed by atoms with Gasteiger partial charge in [-0.2, -0.15) is 4.99 Å². The van der Waals surface area contributed by atoms with E-state index in [-0.39, 0.29) is 44.8 Å². The van der Waals surface area contributed by atoms with Gasteiger partial charge in [0.1, 0.15) is 5.60 Å². The van der Waals surface area contributed by atoms with E-state index in [0.29, 0.717) is 19.5 Å². The number of carboxylic acid groups (broad SMARTS) is 1.